The Kier molecular flexibility index (Phi) is 8.52. The number of nitrogens with one attached hydrogen (secondary N) is 1. The first-order chi connectivity index (χ1) is 14.0. The number of hydrogen-bond acceptors (Lipinski definition) is 4. The molecule has 0 saturated heterocycles. The number of rotatable bonds is 10. The number of methoxy groups -OCH3 is 2. The Morgan fingerprint density at radius 3 is 2.24 bits per heavy atom. The van der Waals surface area contributed by atoms with Crippen LogP contribution in [0.2, 0.25) is 0 Å². The minimum Gasteiger partial charge on any atom is -0.497 e. The molecule has 0 heterocycles. The number of benzene rings is 2. The molecule has 0 fully saturated rings. The molecule has 0 aromatic heterocycles. The van der Waals surface area contributed by atoms with E-state index in [2.05, 4.69) is 5.32 Å². The molecule has 0 radical (unpaired) electrons. The van der Waals surface area contributed by atoms with Gasteiger partial charge < -0.3 is 19.7 Å². The highest BCUT2D eigenvalue weighted by Gasteiger charge is 2.28. The molecule has 2 rings (SSSR count). The van der Waals surface area contributed by atoms with Crippen molar-refractivity contribution in [2.45, 2.75) is 39.3 Å². The summed E-state index contributed by atoms with van der Waals surface area (Å²) in [5.74, 6) is 1.22. The van der Waals surface area contributed by atoms with E-state index in [-0.39, 0.29) is 18.2 Å². The summed E-state index contributed by atoms with van der Waals surface area (Å²) >= 11 is 0. The molecule has 2 aromatic rings. The summed E-state index contributed by atoms with van der Waals surface area (Å²) in [7, 11) is 3.21. The second-order valence-electron chi connectivity index (χ2n) is 6.72. The number of likely N-dealkylation sites (N-methyl/N-ethyl adjacent to an activating group) is 1. The van der Waals surface area contributed by atoms with Crippen molar-refractivity contribution in [3.05, 3.63) is 59.7 Å². The zero-order valence-corrected chi connectivity index (χ0v) is 17.6. The molecular formula is C23H30N2O4. The summed E-state index contributed by atoms with van der Waals surface area (Å²) in [5.41, 5.74) is 1.78. The SMILES string of the molecule is CCNC(=O)[C@H](CC)N(Cc1cccc(OC)c1)C(=O)Cc1ccc(OC)cc1. The molecule has 6 heteroatoms. The van der Waals surface area contributed by atoms with Crippen LogP contribution < -0.4 is 14.8 Å². The van der Waals surface area contributed by atoms with Crippen LogP contribution >= 0.6 is 0 Å². The van der Waals surface area contributed by atoms with Gasteiger partial charge in [-0.05, 0) is 48.7 Å². The average molecular weight is 399 g/mol. The third-order valence-corrected chi connectivity index (χ3v) is 4.74. The Morgan fingerprint density at radius 1 is 0.966 bits per heavy atom. The molecule has 2 aromatic carbocycles. The van der Waals surface area contributed by atoms with Gasteiger partial charge >= 0.3 is 0 Å². The van der Waals surface area contributed by atoms with Crippen LogP contribution in [0.1, 0.15) is 31.4 Å². The molecule has 156 valence electrons. The molecule has 0 bridgehead atoms. The zero-order chi connectivity index (χ0) is 21.2. The maximum absolute atomic E-state index is 13.2. The van der Waals surface area contributed by atoms with Crippen molar-refractivity contribution in [3.8, 4) is 11.5 Å². The summed E-state index contributed by atoms with van der Waals surface area (Å²) in [5, 5.41) is 2.85. The summed E-state index contributed by atoms with van der Waals surface area (Å²) in [6.07, 6.45) is 0.744. The van der Waals surface area contributed by atoms with Crippen molar-refractivity contribution in [2.24, 2.45) is 0 Å². The van der Waals surface area contributed by atoms with Crippen molar-refractivity contribution < 1.29 is 19.1 Å². The van der Waals surface area contributed by atoms with Gasteiger partial charge in [-0.1, -0.05) is 31.2 Å². The van der Waals surface area contributed by atoms with Gasteiger partial charge in [0, 0.05) is 13.1 Å². The maximum atomic E-state index is 13.2. The van der Waals surface area contributed by atoms with Crippen LogP contribution in [0.15, 0.2) is 48.5 Å². The predicted molar refractivity (Wildman–Crippen MR) is 113 cm³/mol. The number of carbonyl (C=O) groups excluding carboxylic acids is 2. The van der Waals surface area contributed by atoms with E-state index in [1.165, 1.54) is 0 Å². The predicted octanol–water partition coefficient (Wildman–Crippen LogP) is 3.19. The Bertz CT molecular complexity index is 805. The van der Waals surface area contributed by atoms with Gasteiger partial charge in [0.05, 0.1) is 20.6 Å². The van der Waals surface area contributed by atoms with E-state index in [9.17, 15) is 9.59 Å². The van der Waals surface area contributed by atoms with Crippen LogP contribution in [0, 0.1) is 0 Å². The minimum atomic E-state index is -0.535. The lowest BCUT2D eigenvalue weighted by Gasteiger charge is -2.30. The second-order valence-corrected chi connectivity index (χ2v) is 6.72. The number of carbonyl (C=O) groups is 2. The van der Waals surface area contributed by atoms with Crippen LogP contribution in [0.3, 0.4) is 0 Å². The van der Waals surface area contributed by atoms with Crippen molar-refractivity contribution >= 4 is 11.8 Å². The third kappa shape index (κ3) is 6.24. The third-order valence-electron chi connectivity index (χ3n) is 4.74. The summed E-state index contributed by atoms with van der Waals surface area (Å²) in [6, 6.07) is 14.4. The van der Waals surface area contributed by atoms with E-state index < -0.39 is 6.04 Å². The van der Waals surface area contributed by atoms with E-state index in [0.717, 1.165) is 22.6 Å². The summed E-state index contributed by atoms with van der Waals surface area (Å²) in [6.45, 7) is 4.65. The standard InChI is InChI=1S/C23H30N2O4/c1-5-21(23(27)24-6-2)25(16-18-8-7-9-20(14-18)29-4)22(26)15-17-10-12-19(28-3)13-11-17/h7-14,21H,5-6,15-16H2,1-4H3,(H,24,27)/t21-/m0/s1. The van der Waals surface area contributed by atoms with E-state index in [4.69, 9.17) is 9.47 Å². The van der Waals surface area contributed by atoms with Crippen LogP contribution in [0.25, 0.3) is 0 Å². The molecule has 1 atom stereocenters. The summed E-state index contributed by atoms with van der Waals surface area (Å²) < 4.78 is 10.5. The Labute approximate surface area is 172 Å². The van der Waals surface area contributed by atoms with Crippen LogP contribution in [-0.2, 0) is 22.6 Å². The smallest absolute Gasteiger partial charge is 0.242 e. The molecule has 0 aliphatic carbocycles. The number of hydrogen-bond donors (Lipinski definition) is 1. The number of ether oxygens (including phenoxy) is 2. The Morgan fingerprint density at radius 2 is 1.66 bits per heavy atom. The van der Waals surface area contributed by atoms with Crippen LogP contribution in [0.5, 0.6) is 11.5 Å². The maximum Gasteiger partial charge on any atom is 0.242 e. The fraction of sp³-hybridized carbons (Fsp3) is 0.391. The minimum absolute atomic E-state index is 0.101. The number of amides is 2. The zero-order valence-electron chi connectivity index (χ0n) is 17.6. The molecule has 0 unspecified atom stereocenters. The lowest BCUT2D eigenvalue weighted by molar-refractivity contribution is -0.140. The highest BCUT2D eigenvalue weighted by Crippen LogP contribution is 2.19. The van der Waals surface area contributed by atoms with E-state index in [1.807, 2.05) is 62.4 Å². The average Bonchev–Trinajstić information content (AvgIpc) is 2.74. The first-order valence-electron chi connectivity index (χ1n) is 9.85. The highest BCUT2D eigenvalue weighted by molar-refractivity contribution is 5.88. The van der Waals surface area contributed by atoms with Crippen molar-refractivity contribution in [2.75, 3.05) is 20.8 Å². The normalized spacial score (nSPS) is 11.4. The molecule has 0 saturated carbocycles. The van der Waals surface area contributed by atoms with Crippen LogP contribution in [0.4, 0.5) is 0 Å². The fourth-order valence-corrected chi connectivity index (χ4v) is 3.20. The second kappa shape index (κ2) is 11.1. The Hall–Kier alpha value is -3.02. The van der Waals surface area contributed by atoms with Gasteiger partial charge in [0.15, 0.2) is 0 Å². The van der Waals surface area contributed by atoms with Gasteiger partial charge in [-0.25, -0.2) is 0 Å². The molecule has 2 amide bonds. The van der Waals surface area contributed by atoms with Gasteiger partial charge in [-0.3, -0.25) is 9.59 Å². The van der Waals surface area contributed by atoms with Crippen molar-refractivity contribution in [1.29, 1.82) is 0 Å². The lowest BCUT2D eigenvalue weighted by atomic mass is 10.1. The van der Waals surface area contributed by atoms with E-state index >= 15 is 0 Å². The molecule has 0 aliphatic rings. The van der Waals surface area contributed by atoms with E-state index in [1.54, 1.807) is 19.1 Å². The highest BCUT2D eigenvalue weighted by atomic mass is 16.5. The van der Waals surface area contributed by atoms with Gasteiger partial charge in [-0.2, -0.15) is 0 Å². The van der Waals surface area contributed by atoms with Crippen LogP contribution in [-0.4, -0.2) is 43.5 Å². The van der Waals surface area contributed by atoms with Gasteiger partial charge in [-0.15, -0.1) is 0 Å². The summed E-state index contributed by atoms with van der Waals surface area (Å²) in [4.78, 5) is 27.5. The molecule has 29 heavy (non-hydrogen) atoms. The van der Waals surface area contributed by atoms with E-state index in [0.29, 0.717) is 19.5 Å². The Balaban J connectivity index is 2.27. The van der Waals surface area contributed by atoms with Gasteiger partial charge in [0.1, 0.15) is 17.5 Å². The first kappa shape index (κ1) is 22.3. The van der Waals surface area contributed by atoms with Crippen molar-refractivity contribution in [3.63, 3.8) is 0 Å². The van der Waals surface area contributed by atoms with Crippen molar-refractivity contribution in [1.82, 2.24) is 10.2 Å². The van der Waals surface area contributed by atoms with Gasteiger partial charge in [0.25, 0.3) is 0 Å². The molecule has 1 N–H and O–H groups in total. The fourth-order valence-electron chi connectivity index (χ4n) is 3.20. The monoisotopic (exact) mass is 398 g/mol. The lowest BCUT2D eigenvalue weighted by Crippen LogP contribution is -2.49. The van der Waals surface area contributed by atoms with Gasteiger partial charge in [0.2, 0.25) is 11.8 Å². The largest absolute Gasteiger partial charge is 0.497 e. The molecule has 6 nitrogen and oxygen atoms in total. The number of nitrogens with zero attached hydrogens (tertiary/aromatic N) is 1. The quantitative estimate of drug-likeness (QED) is 0.667. The molecule has 0 aliphatic heterocycles. The molecule has 0 spiro atoms. The topological polar surface area (TPSA) is 67.9 Å². The first-order valence-corrected chi connectivity index (χ1v) is 9.85. The molecular weight excluding hydrogens is 368 g/mol.